The van der Waals surface area contributed by atoms with Gasteiger partial charge in [0.2, 0.25) is 11.6 Å². The van der Waals surface area contributed by atoms with Gasteiger partial charge in [0.05, 0.1) is 6.04 Å². The molecule has 1 atom stereocenters. The summed E-state index contributed by atoms with van der Waals surface area (Å²) >= 11 is 0. The number of H-pyrrole nitrogens is 1. The summed E-state index contributed by atoms with van der Waals surface area (Å²) in [4.78, 5) is 14.2. The number of hydrogen-bond acceptors (Lipinski definition) is 7. The van der Waals surface area contributed by atoms with E-state index in [4.69, 9.17) is 0 Å². The van der Waals surface area contributed by atoms with Gasteiger partial charge in [0.15, 0.2) is 5.82 Å². The van der Waals surface area contributed by atoms with Crippen molar-refractivity contribution in [2.24, 2.45) is 7.05 Å². The van der Waals surface area contributed by atoms with Crippen LogP contribution in [0.15, 0.2) is 0 Å². The van der Waals surface area contributed by atoms with Crippen molar-refractivity contribution >= 4 is 11.6 Å². The molecule has 0 bridgehead atoms. The fourth-order valence-corrected chi connectivity index (χ4v) is 1.50. The number of nitro groups is 1. The zero-order valence-electron chi connectivity index (χ0n) is 10.1. The SMILES string of the molecule is Cc1nc([N+](=O)[O-])c(NC(C)c2nn[nH]n2)n1C. The zero-order chi connectivity index (χ0) is 13.3. The third kappa shape index (κ3) is 1.99. The van der Waals surface area contributed by atoms with Crippen LogP contribution in [0.25, 0.3) is 0 Å². The monoisotopic (exact) mass is 252 g/mol. The first-order valence-corrected chi connectivity index (χ1v) is 5.18. The largest absolute Gasteiger partial charge is 0.406 e. The van der Waals surface area contributed by atoms with Crippen molar-refractivity contribution in [3.05, 3.63) is 21.8 Å². The molecular formula is C8H12N8O2. The van der Waals surface area contributed by atoms with E-state index in [0.717, 1.165) is 0 Å². The van der Waals surface area contributed by atoms with Crippen LogP contribution < -0.4 is 5.32 Å². The Bertz CT molecular complexity index is 560. The summed E-state index contributed by atoms with van der Waals surface area (Å²) in [6, 6.07) is -0.322. The summed E-state index contributed by atoms with van der Waals surface area (Å²) in [7, 11) is 1.70. The van der Waals surface area contributed by atoms with E-state index in [9.17, 15) is 10.1 Å². The Kier molecular flexibility index (Phi) is 2.92. The molecule has 96 valence electrons. The molecule has 1 unspecified atom stereocenters. The van der Waals surface area contributed by atoms with E-state index in [1.54, 1.807) is 25.5 Å². The Balaban J connectivity index is 2.31. The first-order valence-electron chi connectivity index (χ1n) is 5.18. The number of imidazole rings is 1. The molecule has 2 aromatic heterocycles. The number of aromatic nitrogens is 6. The summed E-state index contributed by atoms with van der Waals surface area (Å²) in [5.41, 5.74) is 0. The lowest BCUT2D eigenvalue weighted by molar-refractivity contribution is -0.388. The van der Waals surface area contributed by atoms with E-state index in [0.29, 0.717) is 17.5 Å². The molecule has 10 heteroatoms. The van der Waals surface area contributed by atoms with E-state index in [1.807, 2.05) is 0 Å². The lowest BCUT2D eigenvalue weighted by Crippen LogP contribution is -2.12. The molecule has 2 rings (SSSR count). The van der Waals surface area contributed by atoms with Crippen LogP contribution in [0.5, 0.6) is 0 Å². The molecule has 18 heavy (non-hydrogen) atoms. The van der Waals surface area contributed by atoms with Gasteiger partial charge in [-0.05, 0) is 16.8 Å². The molecule has 10 nitrogen and oxygen atoms in total. The van der Waals surface area contributed by atoms with E-state index in [-0.39, 0.29) is 11.9 Å². The van der Waals surface area contributed by atoms with Crippen LogP contribution in [-0.4, -0.2) is 35.1 Å². The topological polar surface area (TPSA) is 127 Å². The molecule has 0 amide bonds. The van der Waals surface area contributed by atoms with Crippen LogP contribution in [0.2, 0.25) is 0 Å². The standard InChI is InChI=1S/C8H12N8O2/c1-4(6-11-13-14-12-6)9-7-8(16(17)18)10-5(2)15(7)3/h4,9H,1-3H3,(H,11,12,13,14). The molecule has 0 spiro atoms. The van der Waals surface area contributed by atoms with Crippen LogP contribution in [0.3, 0.4) is 0 Å². The summed E-state index contributed by atoms with van der Waals surface area (Å²) in [5.74, 6) is 1.06. The van der Waals surface area contributed by atoms with Crippen molar-refractivity contribution in [3.8, 4) is 0 Å². The molecular weight excluding hydrogens is 240 g/mol. The van der Waals surface area contributed by atoms with Crippen molar-refractivity contribution in [2.75, 3.05) is 5.32 Å². The van der Waals surface area contributed by atoms with Gasteiger partial charge in [-0.3, -0.25) is 4.57 Å². The average Bonchev–Trinajstić information content (AvgIpc) is 2.92. The third-order valence-corrected chi connectivity index (χ3v) is 2.58. The number of rotatable bonds is 4. The highest BCUT2D eigenvalue weighted by atomic mass is 16.6. The summed E-state index contributed by atoms with van der Waals surface area (Å²) in [6.45, 7) is 3.47. The van der Waals surface area contributed by atoms with Gasteiger partial charge in [-0.1, -0.05) is 5.21 Å². The van der Waals surface area contributed by atoms with Crippen LogP contribution in [0.4, 0.5) is 11.6 Å². The molecule has 0 radical (unpaired) electrons. The van der Waals surface area contributed by atoms with Gasteiger partial charge in [-0.25, -0.2) is 0 Å². The normalized spacial score (nSPS) is 12.4. The minimum atomic E-state index is -0.529. The van der Waals surface area contributed by atoms with Crippen molar-refractivity contribution < 1.29 is 4.92 Å². The number of nitrogens with zero attached hydrogens (tertiary/aromatic N) is 6. The van der Waals surface area contributed by atoms with Gasteiger partial charge >= 0.3 is 5.82 Å². The van der Waals surface area contributed by atoms with Crippen LogP contribution in [0.1, 0.15) is 24.6 Å². The Hall–Kier alpha value is -2.52. The quantitative estimate of drug-likeness (QED) is 0.592. The molecule has 0 fully saturated rings. The number of nitrogens with one attached hydrogen (secondary N) is 2. The molecule has 2 heterocycles. The van der Waals surface area contributed by atoms with E-state index in [2.05, 4.69) is 30.9 Å². The Morgan fingerprint density at radius 1 is 1.56 bits per heavy atom. The third-order valence-electron chi connectivity index (χ3n) is 2.58. The molecule has 0 aliphatic carbocycles. The highest BCUT2D eigenvalue weighted by molar-refractivity contribution is 5.54. The average molecular weight is 252 g/mol. The van der Waals surface area contributed by atoms with Gasteiger partial charge in [0.25, 0.3) is 0 Å². The van der Waals surface area contributed by atoms with Crippen LogP contribution in [0, 0.1) is 17.0 Å². The molecule has 0 aliphatic rings. The van der Waals surface area contributed by atoms with Crippen molar-refractivity contribution in [3.63, 3.8) is 0 Å². The molecule has 0 saturated heterocycles. The zero-order valence-corrected chi connectivity index (χ0v) is 10.1. The van der Waals surface area contributed by atoms with Crippen molar-refractivity contribution in [2.45, 2.75) is 19.9 Å². The first kappa shape index (κ1) is 12.0. The number of aryl methyl sites for hydroxylation is 1. The first-order chi connectivity index (χ1) is 8.50. The number of aromatic amines is 1. The second kappa shape index (κ2) is 4.39. The number of anilines is 1. The van der Waals surface area contributed by atoms with Gasteiger partial charge in [-0.2, -0.15) is 5.21 Å². The molecule has 2 N–H and O–H groups in total. The molecule has 2 aromatic rings. The maximum absolute atomic E-state index is 10.9. The molecule has 0 saturated carbocycles. The molecule has 0 aromatic carbocycles. The highest BCUT2D eigenvalue weighted by Crippen LogP contribution is 2.26. The van der Waals surface area contributed by atoms with Gasteiger partial charge in [0.1, 0.15) is 0 Å². The second-order valence-electron chi connectivity index (χ2n) is 3.78. The summed E-state index contributed by atoms with van der Waals surface area (Å²) in [6.07, 6.45) is 0. The van der Waals surface area contributed by atoms with Crippen LogP contribution >= 0.6 is 0 Å². The lowest BCUT2D eigenvalue weighted by atomic mass is 10.3. The number of tetrazole rings is 1. The summed E-state index contributed by atoms with van der Waals surface area (Å²) in [5, 5.41) is 27.2. The minimum Gasteiger partial charge on any atom is -0.358 e. The predicted molar refractivity (Wildman–Crippen MR) is 60.8 cm³/mol. The predicted octanol–water partition coefficient (Wildman–Crippen LogP) is 0.323. The van der Waals surface area contributed by atoms with E-state index < -0.39 is 4.92 Å². The van der Waals surface area contributed by atoms with Crippen molar-refractivity contribution in [1.82, 2.24) is 30.2 Å². The fourth-order valence-electron chi connectivity index (χ4n) is 1.50. The number of hydrogen-bond donors (Lipinski definition) is 2. The molecule has 0 aliphatic heterocycles. The maximum atomic E-state index is 10.9. The highest BCUT2D eigenvalue weighted by Gasteiger charge is 2.25. The Morgan fingerprint density at radius 2 is 2.28 bits per heavy atom. The second-order valence-corrected chi connectivity index (χ2v) is 3.78. The Labute approximate surface area is 102 Å². The van der Waals surface area contributed by atoms with Crippen molar-refractivity contribution in [1.29, 1.82) is 0 Å². The minimum absolute atomic E-state index is 0.217. The summed E-state index contributed by atoms with van der Waals surface area (Å²) < 4.78 is 1.61. The van der Waals surface area contributed by atoms with E-state index in [1.165, 1.54) is 0 Å². The van der Waals surface area contributed by atoms with Crippen LogP contribution in [-0.2, 0) is 7.05 Å². The smallest absolute Gasteiger partial charge is 0.358 e. The van der Waals surface area contributed by atoms with Gasteiger partial charge in [0, 0.05) is 14.0 Å². The fraction of sp³-hybridized carbons (Fsp3) is 0.500. The van der Waals surface area contributed by atoms with E-state index >= 15 is 0 Å². The lowest BCUT2D eigenvalue weighted by Gasteiger charge is -2.10. The van der Waals surface area contributed by atoms with Gasteiger partial charge in [-0.15, -0.1) is 10.2 Å². The maximum Gasteiger partial charge on any atom is 0.406 e. The Morgan fingerprint density at radius 3 is 2.83 bits per heavy atom. The van der Waals surface area contributed by atoms with Gasteiger partial charge < -0.3 is 15.4 Å².